The van der Waals surface area contributed by atoms with Gasteiger partial charge in [-0.3, -0.25) is 24.1 Å². The third-order valence-corrected chi connectivity index (χ3v) is 3.62. The average molecular weight is 307 g/mol. The SMILES string of the molecule is CC(C(=O)C(C)(C)C)N1C(=O)C=C(C(=O)C(C)(C)C)CC1=O. The molecule has 5 heteroatoms. The summed E-state index contributed by atoms with van der Waals surface area (Å²) in [7, 11) is 0. The zero-order valence-electron chi connectivity index (χ0n) is 14.4. The number of hydrogen-bond donors (Lipinski definition) is 0. The van der Waals surface area contributed by atoms with Gasteiger partial charge in [0.1, 0.15) is 0 Å². The maximum absolute atomic E-state index is 12.3. The van der Waals surface area contributed by atoms with Gasteiger partial charge in [-0.1, -0.05) is 41.5 Å². The lowest BCUT2D eigenvalue weighted by atomic mass is 9.83. The largest absolute Gasteiger partial charge is 0.297 e. The minimum absolute atomic E-state index is 0.135. The molecule has 0 fully saturated rings. The molecule has 0 aromatic heterocycles. The molecule has 0 radical (unpaired) electrons. The van der Waals surface area contributed by atoms with Crippen molar-refractivity contribution in [2.24, 2.45) is 10.8 Å². The van der Waals surface area contributed by atoms with Gasteiger partial charge in [0.25, 0.3) is 5.91 Å². The van der Waals surface area contributed by atoms with Crippen LogP contribution < -0.4 is 0 Å². The molecule has 0 aromatic rings. The molecule has 1 atom stereocenters. The summed E-state index contributed by atoms with van der Waals surface area (Å²) in [6.45, 7) is 12.0. The number of Topliss-reactive ketones (excluding diaryl/α,β-unsaturated/α-hetero) is 2. The summed E-state index contributed by atoms with van der Waals surface area (Å²) < 4.78 is 0. The Bertz CT molecular complexity index is 558. The van der Waals surface area contributed by atoms with Gasteiger partial charge in [0.05, 0.1) is 12.5 Å². The van der Waals surface area contributed by atoms with Crippen LogP contribution in [0.1, 0.15) is 54.9 Å². The van der Waals surface area contributed by atoms with Crippen LogP contribution in [0.25, 0.3) is 0 Å². The standard InChI is InChI=1S/C17H25NO4/c1-10(14(21)16(2,3)4)18-12(19)8-11(9-13(18)20)15(22)17(5,6)7/h8,10H,9H2,1-7H3. The van der Waals surface area contributed by atoms with E-state index in [0.29, 0.717) is 0 Å². The minimum atomic E-state index is -0.831. The highest BCUT2D eigenvalue weighted by molar-refractivity contribution is 6.16. The fourth-order valence-electron chi connectivity index (χ4n) is 2.42. The molecule has 0 spiro atoms. The second-order valence-electron chi connectivity index (χ2n) is 7.82. The van der Waals surface area contributed by atoms with Crippen LogP contribution in [0, 0.1) is 10.8 Å². The first kappa shape index (κ1) is 18.3. The fourth-order valence-corrected chi connectivity index (χ4v) is 2.42. The smallest absolute Gasteiger partial charge is 0.254 e. The monoisotopic (exact) mass is 307 g/mol. The summed E-state index contributed by atoms with van der Waals surface area (Å²) in [4.78, 5) is 50.0. The Morgan fingerprint density at radius 1 is 1.05 bits per heavy atom. The number of amides is 2. The summed E-state index contributed by atoms with van der Waals surface area (Å²) in [5, 5.41) is 0. The van der Waals surface area contributed by atoms with E-state index in [1.807, 2.05) is 0 Å². The number of carbonyl (C=O) groups excluding carboxylic acids is 4. The average Bonchev–Trinajstić information content (AvgIpc) is 2.33. The second-order valence-corrected chi connectivity index (χ2v) is 7.82. The summed E-state index contributed by atoms with van der Waals surface area (Å²) >= 11 is 0. The number of nitrogens with zero attached hydrogens (tertiary/aromatic N) is 1. The van der Waals surface area contributed by atoms with Crippen LogP contribution in [0.2, 0.25) is 0 Å². The van der Waals surface area contributed by atoms with Crippen LogP contribution in [-0.2, 0) is 19.2 Å². The number of rotatable bonds is 3. The molecule has 0 aromatic carbocycles. The van der Waals surface area contributed by atoms with Crippen LogP contribution in [0.3, 0.4) is 0 Å². The van der Waals surface area contributed by atoms with E-state index < -0.39 is 28.7 Å². The van der Waals surface area contributed by atoms with Crippen molar-refractivity contribution in [3.05, 3.63) is 11.6 Å². The van der Waals surface area contributed by atoms with Gasteiger partial charge >= 0.3 is 0 Å². The second kappa shape index (κ2) is 5.78. The normalized spacial score (nSPS) is 18.1. The summed E-state index contributed by atoms with van der Waals surface area (Å²) in [6.07, 6.45) is 1.06. The number of hydrogen-bond acceptors (Lipinski definition) is 4. The van der Waals surface area contributed by atoms with Crippen molar-refractivity contribution >= 4 is 23.4 Å². The number of carbonyl (C=O) groups is 4. The molecule has 0 saturated heterocycles. The number of imide groups is 1. The van der Waals surface area contributed by atoms with E-state index in [2.05, 4.69) is 0 Å². The zero-order valence-corrected chi connectivity index (χ0v) is 14.4. The first-order valence-electron chi connectivity index (χ1n) is 7.42. The van der Waals surface area contributed by atoms with Gasteiger partial charge in [0.2, 0.25) is 5.91 Å². The van der Waals surface area contributed by atoms with Crippen LogP contribution in [0.4, 0.5) is 0 Å². The first-order chi connectivity index (χ1) is 9.76. The molecule has 1 heterocycles. The van der Waals surface area contributed by atoms with Gasteiger partial charge in [-0.15, -0.1) is 0 Å². The molecule has 0 N–H and O–H groups in total. The van der Waals surface area contributed by atoms with E-state index >= 15 is 0 Å². The van der Waals surface area contributed by atoms with Crippen LogP contribution >= 0.6 is 0 Å². The van der Waals surface area contributed by atoms with Crippen molar-refractivity contribution in [1.29, 1.82) is 0 Å². The quantitative estimate of drug-likeness (QED) is 0.750. The highest BCUT2D eigenvalue weighted by Gasteiger charge is 2.40. The Morgan fingerprint density at radius 2 is 1.55 bits per heavy atom. The van der Waals surface area contributed by atoms with Crippen molar-refractivity contribution in [2.45, 2.75) is 60.9 Å². The molecule has 1 aliphatic rings. The van der Waals surface area contributed by atoms with Gasteiger partial charge in [-0.05, 0) is 6.92 Å². The highest BCUT2D eigenvalue weighted by Crippen LogP contribution is 2.27. The molecular weight excluding hydrogens is 282 g/mol. The van der Waals surface area contributed by atoms with Gasteiger partial charge in [-0.2, -0.15) is 0 Å². The number of ketones is 2. The summed E-state index contributed by atoms with van der Waals surface area (Å²) in [5.74, 6) is -1.49. The first-order valence-corrected chi connectivity index (χ1v) is 7.42. The Morgan fingerprint density at radius 3 is 1.91 bits per heavy atom. The Labute approximate surface area is 131 Å². The van der Waals surface area contributed by atoms with Gasteiger partial charge in [-0.25, -0.2) is 0 Å². The third kappa shape index (κ3) is 3.70. The molecule has 122 valence electrons. The van der Waals surface area contributed by atoms with Gasteiger partial charge in [0.15, 0.2) is 11.6 Å². The van der Waals surface area contributed by atoms with Crippen LogP contribution in [-0.4, -0.2) is 34.3 Å². The molecule has 2 amide bonds. The van der Waals surface area contributed by atoms with E-state index in [1.54, 1.807) is 48.5 Å². The molecule has 5 nitrogen and oxygen atoms in total. The molecule has 0 aliphatic carbocycles. The van der Waals surface area contributed by atoms with Gasteiger partial charge < -0.3 is 0 Å². The maximum atomic E-state index is 12.3. The molecule has 1 unspecified atom stereocenters. The van der Waals surface area contributed by atoms with Crippen LogP contribution in [0.5, 0.6) is 0 Å². The molecule has 1 rings (SSSR count). The molecule has 0 saturated carbocycles. The predicted octanol–water partition coefficient (Wildman–Crippen LogP) is 2.29. The van der Waals surface area contributed by atoms with Crippen LogP contribution in [0.15, 0.2) is 11.6 Å². The molecule has 1 aliphatic heterocycles. The Kier molecular flexibility index (Phi) is 4.80. The molecule has 0 bridgehead atoms. The van der Waals surface area contributed by atoms with Crippen molar-refractivity contribution in [3.63, 3.8) is 0 Å². The fraction of sp³-hybridized carbons (Fsp3) is 0.647. The Hall–Kier alpha value is -1.78. The Balaban J connectivity index is 3.09. The molecule has 22 heavy (non-hydrogen) atoms. The van der Waals surface area contributed by atoms with E-state index in [9.17, 15) is 19.2 Å². The van der Waals surface area contributed by atoms with E-state index in [4.69, 9.17) is 0 Å². The minimum Gasteiger partial charge on any atom is -0.297 e. The maximum Gasteiger partial charge on any atom is 0.254 e. The topological polar surface area (TPSA) is 71.5 Å². The summed E-state index contributed by atoms with van der Waals surface area (Å²) in [6, 6.07) is -0.831. The van der Waals surface area contributed by atoms with Gasteiger partial charge in [0, 0.05) is 22.5 Å². The van der Waals surface area contributed by atoms with Crippen molar-refractivity contribution < 1.29 is 19.2 Å². The summed E-state index contributed by atoms with van der Waals surface area (Å²) in [5.41, 5.74) is -1.08. The third-order valence-electron chi connectivity index (χ3n) is 3.62. The van der Waals surface area contributed by atoms with E-state index in [0.717, 1.165) is 4.90 Å². The van der Waals surface area contributed by atoms with Crippen molar-refractivity contribution in [3.8, 4) is 0 Å². The molecular formula is C17H25NO4. The highest BCUT2D eigenvalue weighted by atomic mass is 16.2. The lowest BCUT2D eigenvalue weighted by Gasteiger charge is -2.33. The van der Waals surface area contributed by atoms with Crippen molar-refractivity contribution in [2.75, 3.05) is 0 Å². The lowest BCUT2D eigenvalue weighted by Crippen LogP contribution is -2.51. The lowest BCUT2D eigenvalue weighted by molar-refractivity contribution is -0.151. The van der Waals surface area contributed by atoms with Crippen molar-refractivity contribution in [1.82, 2.24) is 4.90 Å². The van der Waals surface area contributed by atoms with E-state index in [1.165, 1.54) is 6.08 Å². The zero-order chi connectivity index (χ0) is 17.5. The van der Waals surface area contributed by atoms with E-state index in [-0.39, 0.29) is 23.6 Å². The predicted molar refractivity (Wildman–Crippen MR) is 82.9 cm³/mol.